The van der Waals surface area contributed by atoms with Gasteiger partial charge < -0.3 is 15.0 Å². The van der Waals surface area contributed by atoms with Crippen molar-refractivity contribution in [2.24, 2.45) is 11.7 Å². The predicted octanol–water partition coefficient (Wildman–Crippen LogP) is 0.582. The number of rotatable bonds is 5. The van der Waals surface area contributed by atoms with Gasteiger partial charge in [-0.3, -0.25) is 4.79 Å². The maximum atomic E-state index is 13.0. The summed E-state index contributed by atoms with van der Waals surface area (Å²) in [6.07, 6.45) is -10.4. The Morgan fingerprint density at radius 2 is 1.60 bits per heavy atom. The maximum absolute atomic E-state index is 13.0. The van der Waals surface area contributed by atoms with Gasteiger partial charge in [-0.2, -0.15) is 22.0 Å². The zero-order chi connectivity index (χ0) is 16.5. The molecule has 120 valence electrons. The minimum atomic E-state index is -6.70. The van der Waals surface area contributed by atoms with Gasteiger partial charge in [0.05, 0.1) is 0 Å². The molecular formula is C8H11F5NO5S-. The Bertz CT molecular complexity index is 460. The Hall–Kier alpha value is -1.01. The van der Waals surface area contributed by atoms with Gasteiger partial charge in [-0.05, 0) is 5.92 Å². The van der Waals surface area contributed by atoms with Crippen molar-refractivity contribution in [1.82, 2.24) is 0 Å². The second kappa shape index (κ2) is 5.77. The molecule has 6 nitrogen and oxygen atoms in total. The average Bonchev–Trinajstić information content (AvgIpc) is 2.20. The van der Waals surface area contributed by atoms with Gasteiger partial charge in [-0.25, -0.2) is 8.42 Å². The van der Waals surface area contributed by atoms with E-state index >= 15 is 0 Å². The van der Waals surface area contributed by atoms with Gasteiger partial charge in [0.2, 0.25) is 0 Å². The molecule has 0 aliphatic heterocycles. The van der Waals surface area contributed by atoms with Crippen LogP contribution in [0.4, 0.5) is 22.0 Å². The van der Waals surface area contributed by atoms with Crippen LogP contribution in [0.5, 0.6) is 0 Å². The first kappa shape index (κ1) is 19.0. The number of carbonyl (C=O) groups excluding carboxylic acids is 1. The van der Waals surface area contributed by atoms with Crippen molar-refractivity contribution < 1.29 is 44.5 Å². The summed E-state index contributed by atoms with van der Waals surface area (Å²) < 4.78 is 97.1. The number of ether oxygens (including phenoxy) is 1. The third-order valence-electron chi connectivity index (χ3n) is 2.16. The molecule has 2 N–H and O–H groups in total. The molecule has 0 radical (unpaired) electrons. The topological polar surface area (TPSA) is 110 Å². The van der Waals surface area contributed by atoms with Gasteiger partial charge in [0.25, 0.3) is 6.10 Å². The summed E-state index contributed by atoms with van der Waals surface area (Å²) >= 11 is 0. The van der Waals surface area contributed by atoms with Gasteiger partial charge in [-0.15, -0.1) is 0 Å². The quantitative estimate of drug-likeness (QED) is 0.449. The highest BCUT2D eigenvalue weighted by Gasteiger charge is 2.63. The molecule has 0 spiro atoms. The first-order valence-corrected chi connectivity index (χ1v) is 6.39. The van der Waals surface area contributed by atoms with Crippen LogP contribution in [-0.4, -0.2) is 42.5 Å². The Morgan fingerprint density at radius 3 is 1.85 bits per heavy atom. The van der Waals surface area contributed by atoms with E-state index in [1.807, 2.05) is 0 Å². The third kappa shape index (κ3) is 4.24. The fourth-order valence-corrected chi connectivity index (χ4v) is 1.37. The first-order valence-electron chi connectivity index (χ1n) is 4.98. The normalized spacial score (nSPS) is 16.9. The average molecular weight is 328 g/mol. The van der Waals surface area contributed by atoms with Crippen LogP contribution in [0, 0.1) is 5.92 Å². The highest BCUT2D eigenvalue weighted by molar-refractivity contribution is 7.86. The van der Waals surface area contributed by atoms with Crippen molar-refractivity contribution in [3.8, 4) is 0 Å². The molecule has 20 heavy (non-hydrogen) atoms. The third-order valence-corrected chi connectivity index (χ3v) is 3.04. The molecule has 0 bridgehead atoms. The molecule has 12 heteroatoms. The summed E-state index contributed by atoms with van der Waals surface area (Å²) in [4.78, 5) is 11.1. The van der Waals surface area contributed by atoms with Gasteiger partial charge >= 0.3 is 17.4 Å². The zero-order valence-electron chi connectivity index (χ0n) is 10.1. The molecule has 0 aromatic carbocycles. The second-order valence-corrected chi connectivity index (χ2v) is 5.60. The Labute approximate surface area is 110 Å². The number of halogens is 5. The molecule has 0 saturated heterocycles. The SMILES string of the molecule is CC(C)[C@H](N)C(=O)OC(C(F)(F)F)C(F)(F)S(=O)(=O)[O-]. The molecule has 0 aromatic rings. The van der Waals surface area contributed by atoms with Crippen LogP contribution in [0.3, 0.4) is 0 Å². The van der Waals surface area contributed by atoms with Crippen molar-refractivity contribution >= 4 is 16.1 Å². The van der Waals surface area contributed by atoms with Crippen LogP contribution in [0.1, 0.15) is 13.8 Å². The zero-order valence-corrected chi connectivity index (χ0v) is 11.0. The van der Waals surface area contributed by atoms with Crippen molar-refractivity contribution in [2.45, 2.75) is 37.4 Å². The van der Waals surface area contributed by atoms with Gasteiger partial charge in [0.1, 0.15) is 6.04 Å². The van der Waals surface area contributed by atoms with Crippen LogP contribution in [0.2, 0.25) is 0 Å². The van der Waals surface area contributed by atoms with E-state index in [1.54, 1.807) is 0 Å². The van der Waals surface area contributed by atoms with Crippen molar-refractivity contribution in [3.05, 3.63) is 0 Å². The molecule has 0 aliphatic carbocycles. The van der Waals surface area contributed by atoms with E-state index in [-0.39, 0.29) is 0 Å². The second-order valence-electron chi connectivity index (χ2n) is 4.14. The Balaban J connectivity index is 5.50. The molecule has 0 amide bonds. The molecule has 0 heterocycles. The summed E-state index contributed by atoms with van der Waals surface area (Å²) in [5.41, 5.74) is 5.09. The lowest BCUT2D eigenvalue weighted by atomic mass is 10.1. The van der Waals surface area contributed by atoms with Crippen LogP contribution >= 0.6 is 0 Å². The summed E-state index contributed by atoms with van der Waals surface area (Å²) in [5, 5.41) is -5.86. The van der Waals surface area contributed by atoms with Crippen LogP contribution in [0.25, 0.3) is 0 Å². The predicted molar refractivity (Wildman–Crippen MR) is 53.4 cm³/mol. The van der Waals surface area contributed by atoms with E-state index in [0.29, 0.717) is 0 Å². The minimum absolute atomic E-state index is 0.756. The largest absolute Gasteiger partial charge is 0.743 e. The van der Waals surface area contributed by atoms with E-state index in [0.717, 1.165) is 0 Å². The van der Waals surface area contributed by atoms with Gasteiger partial charge in [-0.1, -0.05) is 13.8 Å². The molecule has 1 unspecified atom stereocenters. The van der Waals surface area contributed by atoms with Gasteiger partial charge in [0.15, 0.2) is 10.1 Å². The first-order chi connectivity index (χ1) is 8.62. The molecule has 2 atom stereocenters. The van der Waals surface area contributed by atoms with Crippen LogP contribution in [0.15, 0.2) is 0 Å². The summed E-state index contributed by atoms with van der Waals surface area (Å²) in [5.74, 6) is -2.65. The van der Waals surface area contributed by atoms with Crippen molar-refractivity contribution in [3.63, 3.8) is 0 Å². The standard InChI is InChI=1S/C8H12F5NO5S/c1-3(2)4(14)5(15)19-6(7(9,10)11)8(12,13)20(16,17)18/h3-4,6H,14H2,1-2H3,(H,16,17,18)/p-1/t4-,6?/m0/s1. The lowest BCUT2D eigenvalue weighted by Gasteiger charge is -2.30. The molecule has 0 rings (SSSR count). The number of hydrogen-bond acceptors (Lipinski definition) is 6. The molecule has 0 aromatic heterocycles. The summed E-state index contributed by atoms with van der Waals surface area (Å²) in [6.45, 7) is 2.58. The lowest BCUT2D eigenvalue weighted by Crippen LogP contribution is -2.54. The number of carbonyl (C=O) groups is 1. The smallest absolute Gasteiger partial charge is 0.432 e. The van der Waals surface area contributed by atoms with Crippen molar-refractivity contribution in [2.75, 3.05) is 0 Å². The van der Waals surface area contributed by atoms with E-state index in [9.17, 15) is 39.7 Å². The minimum Gasteiger partial charge on any atom is -0.743 e. The Kier molecular flexibility index (Phi) is 5.48. The van der Waals surface area contributed by atoms with Crippen molar-refractivity contribution in [1.29, 1.82) is 0 Å². The van der Waals surface area contributed by atoms with Gasteiger partial charge in [0, 0.05) is 0 Å². The molecule has 0 aliphatic rings. The molecule has 0 fully saturated rings. The van der Waals surface area contributed by atoms with Crippen LogP contribution in [-0.2, 0) is 19.6 Å². The number of alkyl halides is 5. The summed E-state index contributed by atoms with van der Waals surface area (Å²) in [7, 11) is -6.70. The number of hydrogen-bond donors (Lipinski definition) is 1. The fraction of sp³-hybridized carbons (Fsp3) is 0.875. The highest BCUT2D eigenvalue weighted by atomic mass is 32.2. The highest BCUT2D eigenvalue weighted by Crippen LogP contribution is 2.38. The number of esters is 1. The monoisotopic (exact) mass is 328 g/mol. The number of nitrogens with two attached hydrogens (primary N) is 1. The molecular weight excluding hydrogens is 317 g/mol. The van der Waals surface area contributed by atoms with E-state index in [1.165, 1.54) is 13.8 Å². The maximum Gasteiger partial charge on any atom is 0.432 e. The lowest BCUT2D eigenvalue weighted by molar-refractivity contribution is -0.260. The Morgan fingerprint density at radius 1 is 1.20 bits per heavy atom. The van der Waals surface area contributed by atoms with Crippen LogP contribution < -0.4 is 5.73 Å². The van der Waals surface area contributed by atoms with E-state index < -0.39 is 45.6 Å². The van der Waals surface area contributed by atoms with E-state index in [2.05, 4.69) is 4.74 Å². The van der Waals surface area contributed by atoms with E-state index in [4.69, 9.17) is 5.73 Å². The fourth-order valence-electron chi connectivity index (χ4n) is 0.924. The summed E-state index contributed by atoms with van der Waals surface area (Å²) in [6, 6.07) is -1.69. The molecule has 0 saturated carbocycles.